The van der Waals surface area contributed by atoms with Crippen molar-refractivity contribution in [3.05, 3.63) is 290 Å². The number of benzene rings is 13. The van der Waals surface area contributed by atoms with Crippen molar-refractivity contribution in [1.82, 2.24) is 4.57 Å². The Morgan fingerprint density at radius 1 is 0.293 bits per heavy atom. The first-order valence-electron chi connectivity index (χ1n) is 32.2. The van der Waals surface area contributed by atoms with Crippen LogP contribution in [-0.2, 0) is 10.8 Å². The van der Waals surface area contributed by atoms with Gasteiger partial charge in [0, 0.05) is 86.5 Å². The van der Waals surface area contributed by atoms with E-state index in [0.29, 0.717) is 0 Å². The summed E-state index contributed by atoms with van der Waals surface area (Å²) in [5, 5.41) is 2.44. The van der Waals surface area contributed by atoms with E-state index in [1.165, 1.54) is 114 Å². The van der Waals surface area contributed by atoms with Crippen molar-refractivity contribution in [2.75, 3.05) is 9.80 Å². The molecular formula is C86H64BN3S2. The molecule has 0 aliphatic carbocycles. The van der Waals surface area contributed by atoms with Gasteiger partial charge in [-0.05, 0) is 132 Å². The molecule has 14 aromatic rings. The molecule has 0 atom stereocenters. The number of rotatable bonds is 3. The highest BCUT2D eigenvalue weighted by molar-refractivity contribution is 8.00. The molecule has 5 heterocycles. The molecule has 0 amide bonds. The van der Waals surface area contributed by atoms with Crippen LogP contribution in [0.2, 0.25) is 0 Å². The van der Waals surface area contributed by atoms with Gasteiger partial charge in [0.1, 0.15) is 0 Å². The van der Waals surface area contributed by atoms with Crippen molar-refractivity contribution in [1.29, 1.82) is 0 Å². The lowest BCUT2D eigenvalue weighted by Crippen LogP contribution is -2.62. The molecule has 0 bridgehead atoms. The molecule has 0 fully saturated rings. The molecule has 4 aliphatic rings. The Balaban J connectivity index is 1.12. The van der Waals surface area contributed by atoms with Crippen LogP contribution in [0.1, 0.15) is 52.7 Å². The first-order chi connectivity index (χ1) is 44.9. The van der Waals surface area contributed by atoms with Gasteiger partial charge in [0.25, 0.3) is 6.71 Å². The van der Waals surface area contributed by atoms with Crippen molar-refractivity contribution < 1.29 is 0 Å². The third-order valence-electron chi connectivity index (χ3n) is 19.6. The Labute approximate surface area is 547 Å². The summed E-state index contributed by atoms with van der Waals surface area (Å²) < 4.78 is 2.56. The zero-order valence-corrected chi connectivity index (χ0v) is 53.9. The van der Waals surface area contributed by atoms with Crippen molar-refractivity contribution in [3.63, 3.8) is 0 Å². The van der Waals surface area contributed by atoms with Gasteiger partial charge in [-0.3, -0.25) is 0 Å². The zero-order chi connectivity index (χ0) is 61.7. The van der Waals surface area contributed by atoms with Crippen LogP contribution in [0.15, 0.2) is 299 Å². The Hall–Kier alpha value is -9.98. The van der Waals surface area contributed by atoms with Crippen LogP contribution in [0, 0.1) is 0 Å². The van der Waals surface area contributed by atoms with Gasteiger partial charge in [-0.15, -0.1) is 0 Å². The molecule has 0 N–H and O–H groups in total. The minimum absolute atomic E-state index is 0.233. The number of nitrogens with zero attached hydrogens (tertiary/aromatic N) is 3. The second kappa shape index (κ2) is 20.8. The Morgan fingerprint density at radius 2 is 0.630 bits per heavy atom. The van der Waals surface area contributed by atoms with Gasteiger partial charge in [-0.25, -0.2) is 0 Å². The molecule has 18 rings (SSSR count). The average Bonchev–Trinajstić information content (AvgIpc) is 0.716. The normalized spacial score (nSPS) is 13.4. The molecule has 1 aromatic heterocycles. The summed E-state index contributed by atoms with van der Waals surface area (Å²) in [4.78, 5) is 10.4. The van der Waals surface area contributed by atoms with Crippen LogP contribution in [0.3, 0.4) is 0 Å². The highest BCUT2D eigenvalue weighted by Crippen LogP contribution is 2.60. The number of fused-ring (bicyclic) bond motifs is 19. The predicted octanol–water partition coefficient (Wildman–Crippen LogP) is 22.4. The van der Waals surface area contributed by atoms with Gasteiger partial charge < -0.3 is 14.4 Å². The predicted molar refractivity (Wildman–Crippen MR) is 393 cm³/mol. The monoisotopic (exact) mass is 1210 g/mol. The zero-order valence-electron chi connectivity index (χ0n) is 52.3. The topological polar surface area (TPSA) is 11.4 Å². The third kappa shape index (κ3) is 8.39. The number of hydrogen-bond donors (Lipinski definition) is 0. The molecule has 438 valence electrons. The molecule has 0 radical (unpaired) electrons. The van der Waals surface area contributed by atoms with E-state index in [1.54, 1.807) is 0 Å². The first-order valence-corrected chi connectivity index (χ1v) is 33.8. The van der Waals surface area contributed by atoms with E-state index in [4.69, 9.17) is 0 Å². The second-order valence-electron chi connectivity index (χ2n) is 27.1. The second-order valence-corrected chi connectivity index (χ2v) is 29.3. The van der Waals surface area contributed by atoms with Crippen LogP contribution in [0.5, 0.6) is 0 Å². The molecule has 3 nitrogen and oxygen atoms in total. The maximum Gasteiger partial charge on any atom is 0.252 e. The van der Waals surface area contributed by atoms with E-state index in [2.05, 4.69) is 335 Å². The number of hydrogen-bond acceptors (Lipinski definition) is 4. The summed E-state index contributed by atoms with van der Waals surface area (Å²) in [6.07, 6.45) is 0. The fraction of sp³-hybridized carbons (Fsp3) is 0.0930. The number of anilines is 6. The lowest BCUT2D eigenvalue weighted by Gasteiger charge is -2.48. The largest absolute Gasteiger partial charge is 0.309 e. The smallest absolute Gasteiger partial charge is 0.252 e. The van der Waals surface area contributed by atoms with Gasteiger partial charge in [0.15, 0.2) is 0 Å². The lowest BCUT2D eigenvalue weighted by atomic mass is 9.32. The van der Waals surface area contributed by atoms with Gasteiger partial charge in [0.2, 0.25) is 0 Å². The Bertz CT molecular complexity index is 5070. The van der Waals surface area contributed by atoms with Gasteiger partial charge in [0.05, 0.1) is 28.1 Å². The van der Waals surface area contributed by atoms with Gasteiger partial charge in [-0.2, -0.15) is 0 Å². The maximum absolute atomic E-state index is 2.77. The van der Waals surface area contributed by atoms with Crippen LogP contribution in [-0.4, -0.2) is 11.3 Å². The number of para-hydroxylation sites is 4. The minimum Gasteiger partial charge on any atom is -0.309 e. The van der Waals surface area contributed by atoms with Crippen molar-refractivity contribution in [2.45, 2.75) is 72.0 Å². The van der Waals surface area contributed by atoms with Crippen LogP contribution in [0.4, 0.5) is 34.1 Å². The van der Waals surface area contributed by atoms with Crippen molar-refractivity contribution >= 4 is 103 Å². The molecule has 4 aliphatic heterocycles. The van der Waals surface area contributed by atoms with E-state index in [0.717, 1.165) is 61.7 Å². The van der Waals surface area contributed by atoms with E-state index in [9.17, 15) is 0 Å². The minimum atomic E-state index is -0.253. The van der Waals surface area contributed by atoms with Crippen LogP contribution >= 0.6 is 23.5 Å². The SMILES string of the molecule is CC(C)(C)c1cc2c3c(c1)-c1ccccc1Sc1ccccc1-c1cccc(-c4ccccc4)c1N3c1cc(-n3c4ccccc4c4ccccc43)cc3c1B2c1cc(C(C)(C)C)cc2c1N3c1c(-c3ccccc3)cccc1-c1ccccc1Sc1ccccc1-2. The maximum atomic E-state index is 2.77. The summed E-state index contributed by atoms with van der Waals surface area (Å²) in [5.41, 5.74) is 30.7. The molecule has 0 unspecified atom stereocenters. The summed E-state index contributed by atoms with van der Waals surface area (Å²) in [6.45, 7) is 14.2. The summed E-state index contributed by atoms with van der Waals surface area (Å²) in [5.74, 6) is 0. The van der Waals surface area contributed by atoms with Crippen molar-refractivity contribution in [3.8, 4) is 72.4 Å². The van der Waals surface area contributed by atoms with E-state index < -0.39 is 0 Å². The van der Waals surface area contributed by atoms with Gasteiger partial charge >= 0.3 is 0 Å². The molecule has 0 spiro atoms. The molecule has 92 heavy (non-hydrogen) atoms. The standard InChI is InChI=1S/C86H64BN3S2/c1-85(2,3)55-47-68-64-35-17-23-45-78(64)91-76-43-21-15-33-62(76)66-39-25-37-58(53-27-9-7-10-28-53)81(66)89-74-51-57(88-72-41-19-13-31-60(72)61-32-14-20-42-73(61)88)52-75-80(74)87(70(49-55)83(68)89)71-50-56(86(4,5)6)48-69-65-36-18-24-46-79(65)92-77-44-22-16-34-63(77)67-40-26-38-59(54-29-11-8-12-30-54)82(67)90(75)84(69)71/h7-52H,1-6H3. The first kappa shape index (κ1) is 54.9. The number of aromatic nitrogens is 1. The molecule has 0 saturated heterocycles. The van der Waals surface area contributed by atoms with Crippen LogP contribution in [0.25, 0.3) is 94.3 Å². The lowest BCUT2D eigenvalue weighted by molar-refractivity contribution is 0.591. The fourth-order valence-electron chi connectivity index (χ4n) is 15.4. The summed E-state index contributed by atoms with van der Waals surface area (Å²) >= 11 is 3.78. The molecule has 0 saturated carbocycles. The van der Waals surface area contributed by atoms with E-state index in [1.807, 2.05) is 23.5 Å². The van der Waals surface area contributed by atoms with Gasteiger partial charge in [-0.1, -0.05) is 283 Å². The fourth-order valence-corrected chi connectivity index (χ4v) is 17.6. The Kier molecular flexibility index (Phi) is 12.4. The molecular weight excluding hydrogens is 1150 g/mol. The summed E-state index contributed by atoms with van der Waals surface area (Å²) in [7, 11) is 0. The highest BCUT2D eigenvalue weighted by Gasteiger charge is 2.49. The quantitative estimate of drug-likeness (QED) is 0.163. The van der Waals surface area contributed by atoms with Crippen LogP contribution < -0.4 is 26.2 Å². The Morgan fingerprint density at radius 3 is 1.03 bits per heavy atom. The summed E-state index contributed by atoms with van der Waals surface area (Å²) in [6, 6.07) is 107. The van der Waals surface area contributed by atoms with E-state index >= 15 is 0 Å². The third-order valence-corrected chi connectivity index (χ3v) is 22.0. The van der Waals surface area contributed by atoms with E-state index in [-0.39, 0.29) is 17.5 Å². The molecule has 6 heteroatoms. The molecule has 13 aromatic carbocycles. The average molecular weight is 1210 g/mol. The van der Waals surface area contributed by atoms with Crippen molar-refractivity contribution in [2.24, 2.45) is 0 Å². The highest BCUT2D eigenvalue weighted by atomic mass is 32.2.